The number of anilines is 1. The quantitative estimate of drug-likeness (QED) is 0.853. The van der Waals surface area contributed by atoms with Crippen molar-refractivity contribution in [3.05, 3.63) is 72.3 Å². The van der Waals surface area contributed by atoms with Crippen LogP contribution >= 0.6 is 0 Å². The highest BCUT2D eigenvalue weighted by molar-refractivity contribution is 6.01. The first-order valence-corrected chi connectivity index (χ1v) is 7.74. The number of carbonyl (C=O) groups is 1. The summed E-state index contributed by atoms with van der Waals surface area (Å²) >= 11 is 0. The standard InChI is InChI=1S/C19H20N2O2/c1-3-12-21-18(14-8-7-9-15(13-14)23-4-2)20-17-11-6-5-10-16(17)19(21)22/h3,5-11,13,18,20H,1,4,12H2,2H3. The molecular formula is C19H20N2O2. The van der Waals surface area contributed by atoms with E-state index >= 15 is 0 Å². The molecule has 2 aromatic carbocycles. The van der Waals surface area contributed by atoms with Crippen molar-refractivity contribution in [1.82, 2.24) is 4.90 Å². The minimum atomic E-state index is -0.240. The summed E-state index contributed by atoms with van der Waals surface area (Å²) in [5, 5.41) is 3.45. The molecule has 2 aromatic rings. The molecule has 1 amide bonds. The fraction of sp³-hybridized carbons (Fsp3) is 0.211. The van der Waals surface area contributed by atoms with Gasteiger partial charge in [-0.1, -0.05) is 30.3 Å². The van der Waals surface area contributed by atoms with E-state index in [0.29, 0.717) is 18.7 Å². The van der Waals surface area contributed by atoms with Crippen LogP contribution < -0.4 is 10.1 Å². The molecule has 0 aromatic heterocycles. The van der Waals surface area contributed by atoms with Gasteiger partial charge in [0.2, 0.25) is 0 Å². The Hall–Kier alpha value is -2.75. The first-order chi connectivity index (χ1) is 11.2. The van der Waals surface area contributed by atoms with E-state index < -0.39 is 0 Å². The lowest BCUT2D eigenvalue weighted by Crippen LogP contribution is -2.42. The molecule has 0 aliphatic carbocycles. The number of ether oxygens (including phenoxy) is 1. The van der Waals surface area contributed by atoms with Gasteiger partial charge in [0, 0.05) is 12.2 Å². The highest BCUT2D eigenvalue weighted by Gasteiger charge is 2.32. The molecular weight excluding hydrogens is 288 g/mol. The normalized spacial score (nSPS) is 16.5. The largest absolute Gasteiger partial charge is 0.494 e. The average Bonchev–Trinajstić information content (AvgIpc) is 2.58. The van der Waals surface area contributed by atoms with E-state index in [0.717, 1.165) is 17.0 Å². The summed E-state index contributed by atoms with van der Waals surface area (Å²) in [6.07, 6.45) is 1.50. The summed E-state index contributed by atoms with van der Waals surface area (Å²) < 4.78 is 5.58. The molecule has 0 radical (unpaired) electrons. The van der Waals surface area contributed by atoms with E-state index in [1.807, 2.05) is 55.5 Å². The van der Waals surface area contributed by atoms with Crippen LogP contribution in [0.4, 0.5) is 5.69 Å². The van der Waals surface area contributed by atoms with Crippen LogP contribution in [0.2, 0.25) is 0 Å². The van der Waals surface area contributed by atoms with E-state index in [1.165, 1.54) is 0 Å². The Morgan fingerprint density at radius 1 is 1.26 bits per heavy atom. The van der Waals surface area contributed by atoms with Crippen LogP contribution in [0, 0.1) is 0 Å². The van der Waals surface area contributed by atoms with Gasteiger partial charge in [-0.15, -0.1) is 6.58 Å². The molecule has 4 nitrogen and oxygen atoms in total. The summed E-state index contributed by atoms with van der Waals surface area (Å²) in [5.74, 6) is 0.808. The number of hydrogen-bond donors (Lipinski definition) is 1. The van der Waals surface area contributed by atoms with Gasteiger partial charge in [0.05, 0.1) is 12.2 Å². The van der Waals surface area contributed by atoms with E-state index in [-0.39, 0.29) is 12.1 Å². The fourth-order valence-corrected chi connectivity index (χ4v) is 2.82. The molecule has 118 valence electrons. The maximum Gasteiger partial charge on any atom is 0.258 e. The molecule has 0 saturated carbocycles. The first-order valence-electron chi connectivity index (χ1n) is 7.74. The van der Waals surface area contributed by atoms with Gasteiger partial charge in [0.1, 0.15) is 11.9 Å². The predicted octanol–water partition coefficient (Wildman–Crippen LogP) is 3.84. The maximum atomic E-state index is 12.8. The smallest absolute Gasteiger partial charge is 0.258 e. The zero-order valence-corrected chi connectivity index (χ0v) is 13.2. The summed E-state index contributed by atoms with van der Waals surface area (Å²) in [7, 11) is 0. The zero-order valence-electron chi connectivity index (χ0n) is 13.2. The molecule has 1 heterocycles. The molecule has 1 unspecified atom stereocenters. The van der Waals surface area contributed by atoms with Crippen molar-refractivity contribution in [1.29, 1.82) is 0 Å². The van der Waals surface area contributed by atoms with Crippen molar-refractivity contribution in [3.8, 4) is 5.75 Å². The maximum absolute atomic E-state index is 12.8. The Morgan fingerprint density at radius 3 is 2.87 bits per heavy atom. The van der Waals surface area contributed by atoms with Gasteiger partial charge in [-0.3, -0.25) is 4.79 Å². The molecule has 0 spiro atoms. The third-order valence-corrected chi connectivity index (χ3v) is 3.83. The van der Waals surface area contributed by atoms with Crippen molar-refractivity contribution in [2.75, 3.05) is 18.5 Å². The Balaban J connectivity index is 2.01. The third-order valence-electron chi connectivity index (χ3n) is 3.83. The number of fused-ring (bicyclic) bond motifs is 1. The molecule has 1 N–H and O–H groups in total. The second kappa shape index (κ2) is 6.57. The molecule has 0 bridgehead atoms. The Bertz CT molecular complexity index is 727. The van der Waals surface area contributed by atoms with Crippen molar-refractivity contribution in [3.63, 3.8) is 0 Å². The molecule has 1 atom stereocenters. The topological polar surface area (TPSA) is 41.6 Å². The number of hydrogen-bond acceptors (Lipinski definition) is 3. The highest BCUT2D eigenvalue weighted by Crippen LogP contribution is 2.33. The van der Waals surface area contributed by atoms with Gasteiger partial charge >= 0.3 is 0 Å². The lowest BCUT2D eigenvalue weighted by Gasteiger charge is -2.37. The molecule has 0 fully saturated rings. The zero-order chi connectivity index (χ0) is 16.2. The van der Waals surface area contributed by atoms with E-state index in [1.54, 1.807) is 11.0 Å². The second-order valence-corrected chi connectivity index (χ2v) is 5.34. The summed E-state index contributed by atoms with van der Waals surface area (Å²) in [6, 6.07) is 15.4. The van der Waals surface area contributed by atoms with Crippen LogP contribution in [0.1, 0.15) is 29.0 Å². The van der Waals surface area contributed by atoms with E-state index in [9.17, 15) is 4.79 Å². The molecule has 3 rings (SSSR count). The Kier molecular flexibility index (Phi) is 4.33. The van der Waals surface area contributed by atoms with E-state index in [2.05, 4.69) is 11.9 Å². The number of benzene rings is 2. The van der Waals surface area contributed by atoms with Gasteiger partial charge in [0.15, 0.2) is 0 Å². The van der Waals surface area contributed by atoms with Crippen molar-refractivity contribution in [2.45, 2.75) is 13.1 Å². The van der Waals surface area contributed by atoms with Crippen LogP contribution in [0.15, 0.2) is 61.2 Å². The van der Waals surface area contributed by atoms with Crippen LogP contribution in [-0.2, 0) is 0 Å². The number of carbonyl (C=O) groups excluding carboxylic acids is 1. The van der Waals surface area contributed by atoms with Gasteiger partial charge < -0.3 is 15.0 Å². The summed E-state index contributed by atoms with van der Waals surface area (Å²) in [6.45, 7) is 6.81. The van der Waals surface area contributed by atoms with E-state index in [4.69, 9.17) is 4.74 Å². The van der Waals surface area contributed by atoms with Crippen molar-refractivity contribution in [2.24, 2.45) is 0 Å². The third kappa shape index (κ3) is 2.93. The lowest BCUT2D eigenvalue weighted by molar-refractivity contribution is 0.0707. The van der Waals surface area contributed by atoms with Gasteiger partial charge in [0.25, 0.3) is 5.91 Å². The van der Waals surface area contributed by atoms with Gasteiger partial charge in [-0.2, -0.15) is 0 Å². The number of amides is 1. The molecule has 0 saturated heterocycles. The van der Waals surface area contributed by atoms with Gasteiger partial charge in [-0.05, 0) is 36.8 Å². The summed E-state index contributed by atoms with van der Waals surface area (Å²) in [5.41, 5.74) is 2.52. The first kappa shape index (κ1) is 15.2. The molecule has 23 heavy (non-hydrogen) atoms. The number of rotatable bonds is 5. The predicted molar refractivity (Wildman–Crippen MR) is 91.7 cm³/mol. The highest BCUT2D eigenvalue weighted by atomic mass is 16.5. The van der Waals surface area contributed by atoms with Crippen LogP contribution in [0.5, 0.6) is 5.75 Å². The number of nitrogens with one attached hydrogen (secondary N) is 1. The Labute approximate surface area is 136 Å². The average molecular weight is 308 g/mol. The lowest BCUT2D eigenvalue weighted by atomic mass is 10.0. The van der Waals surface area contributed by atoms with Crippen molar-refractivity contribution >= 4 is 11.6 Å². The number of nitrogens with zero attached hydrogens (tertiary/aromatic N) is 1. The fourth-order valence-electron chi connectivity index (χ4n) is 2.82. The van der Waals surface area contributed by atoms with Crippen LogP contribution in [0.3, 0.4) is 0 Å². The second-order valence-electron chi connectivity index (χ2n) is 5.34. The molecule has 1 aliphatic rings. The van der Waals surface area contributed by atoms with Crippen molar-refractivity contribution < 1.29 is 9.53 Å². The van der Waals surface area contributed by atoms with Crippen LogP contribution in [-0.4, -0.2) is 24.0 Å². The minimum absolute atomic E-state index is 0.00561. The van der Waals surface area contributed by atoms with Gasteiger partial charge in [-0.25, -0.2) is 0 Å². The summed E-state index contributed by atoms with van der Waals surface area (Å²) in [4.78, 5) is 14.6. The SMILES string of the molecule is C=CCN1C(=O)c2ccccc2NC1c1cccc(OCC)c1. The molecule has 1 aliphatic heterocycles. The van der Waals surface area contributed by atoms with Crippen LogP contribution in [0.25, 0.3) is 0 Å². The number of para-hydroxylation sites is 1. The molecule has 4 heteroatoms. The monoisotopic (exact) mass is 308 g/mol. The Morgan fingerprint density at radius 2 is 2.09 bits per heavy atom. The minimum Gasteiger partial charge on any atom is -0.494 e.